The summed E-state index contributed by atoms with van der Waals surface area (Å²) < 4.78 is 11.9. The van der Waals surface area contributed by atoms with Gasteiger partial charge in [0, 0.05) is 18.7 Å². The van der Waals surface area contributed by atoms with Crippen LogP contribution in [0.15, 0.2) is 30.6 Å². The Morgan fingerprint density at radius 2 is 2.31 bits per heavy atom. The number of halogens is 1. The third-order valence-electron chi connectivity index (χ3n) is 2.84. The van der Waals surface area contributed by atoms with Crippen molar-refractivity contribution in [2.24, 2.45) is 0 Å². The van der Waals surface area contributed by atoms with Gasteiger partial charge in [0.15, 0.2) is 0 Å². The van der Waals surface area contributed by atoms with Crippen molar-refractivity contribution in [1.29, 1.82) is 0 Å². The van der Waals surface area contributed by atoms with Gasteiger partial charge in [-0.15, -0.1) is 0 Å². The zero-order valence-electron chi connectivity index (χ0n) is 9.24. The minimum atomic E-state index is -0.000602. The van der Waals surface area contributed by atoms with Crippen molar-refractivity contribution < 1.29 is 9.18 Å². The molecule has 1 aromatic carbocycles. The highest BCUT2D eigenvalue weighted by Gasteiger charge is 2.22. The predicted octanol–water partition coefficient (Wildman–Crippen LogP) is 2.48. The SMILES string of the molecule is Cc1ccc2c(c1)CCN(C/C=C\F)C2=O. The Bertz CT molecular complexity index is 440. The molecular weight excluding hydrogens is 205 g/mol. The number of hydrogen-bond donors (Lipinski definition) is 0. The van der Waals surface area contributed by atoms with Gasteiger partial charge in [0.25, 0.3) is 5.91 Å². The second-order valence-electron chi connectivity index (χ2n) is 4.02. The van der Waals surface area contributed by atoms with Crippen LogP contribution in [0.5, 0.6) is 0 Å². The van der Waals surface area contributed by atoms with Crippen LogP contribution in [-0.4, -0.2) is 23.9 Å². The maximum Gasteiger partial charge on any atom is 0.254 e. The Kier molecular flexibility index (Phi) is 3.04. The van der Waals surface area contributed by atoms with Crippen LogP contribution >= 0.6 is 0 Å². The van der Waals surface area contributed by atoms with E-state index in [1.165, 1.54) is 11.6 Å². The number of fused-ring (bicyclic) bond motifs is 1. The molecule has 0 fully saturated rings. The number of benzene rings is 1. The maximum atomic E-state index is 12.0. The number of carbonyl (C=O) groups excluding carboxylic acids is 1. The monoisotopic (exact) mass is 219 g/mol. The molecule has 0 N–H and O–H groups in total. The van der Waals surface area contributed by atoms with E-state index in [1.54, 1.807) is 4.90 Å². The molecule has 0 atom stereocenters. The average Bonchev–Trinajstić information content (AvgIpc) is 2.28. The van der Waals surface area contributed by atoms with Crippen molar-refractivity contribution >= 4 is 5.91 Å². The zero-order valence-corrected chi connectivity index (χ0v) is 9.24. The molecule has 0 spiro atoms. The number of hydrogen-bond acceptors (Lipinski definition) is 1. The van der Waals surface area contributed by atoms with Crippen molar-refractivity contribution in [3.63, 3.8) is 0 Å². The van der Waals surface area contributed by atoms with Crippen LogP contribution in [0, 0.1) is 6.92 Å². The molecule has 1 amide bonds. The van der Waals surface area contributed by atoms with Gasteiger partial charge in [-0.3, -0.25) is 4.79 Å². The van der Waals surface area contributed by atoms with E-state index >= 15 is 0 Å². The third-order valence-corrected chi connectivity index (χ3v) is 2.84. The van der Waals surface area contributed by atoms with Crippen LogP contribution in [0.2, 0.25) is 0 Å². The predicted molar refractivity (Wildman–Crippen MR) is 61.0 cm³/mol. The lowest BCUT2D eigenvalue weighted by Gasteiger charge is -2.27. The van der Waals surface area contributed by atoms with E-state index in [4.69, 9.17) is 0 Å². The van der Waals surface area contributed by atoms with Crippen LogP contribution in [0.1, 0.15) is 21.5 Å². The molecule has 2 rings (SSSR count). The Labute approximate surface area is 94.4 Å². The summed E-state index contributed by atoms with van der Waals surface area (Å²) in [5.74, 6) is -0.000602. The minimum absolute atomic E-state index is 0.000602. The molecule has 84 valence electrons. The van der Waals surface area contributed by atoms with Gasteiger partial charge in [-0.2, -0.15) is 0 Å². The molecule has 0 aromatic heterocycles. The summed E-state index contributed by atoms with van der Waals surface area (Å²) in [5, 5.41) is 0. The Balaban J connectivity index is 2.25. The number of aryl methyl sites for hydroxylation is 1. The van der Waals surface area contributed by atoms with Crippen LogP contribution in [0.25, 0.3) is 0 Å². The molecule has 0 bridgehead atoms. The van der Waals surface area contributed by atoms with Crippen LogP contribution in [0.4, 0.5) is 4.39 Å². The van der Waals surface area contributed by atoms with Gasteiger partial charge in [0.05, 0.1) is 6.33 Å². The first-order valence-electron chi connectivity index (χ1n) is 5.36. The van der Waals surface area contributed by atoms with Gasteiger partial charge in [-0.1, -0.05) is 17.7 Å². The first-order chi connectivity index (χ1) is 7.72. The molecule has 0 saturated heterocycles. The quantitative estimate of drug-likeness (QED) is 0.748. The summed E-state index contributed by atoms with van der Waals surface area (Å²) in [4.78, 5) is 13.7. The van der Waals surface area contributed by atoms with Crippen LogP contribution < -0.4 is 0 Å². The Morgan fingerprint density at radius 1 is 1.50 bits per heavy atom. The first-order valence-corrected chi connectivity index (χ1v) is 5.36. The number of nitrogens with zero attached hydrogens (tertiary/aromatic N) is 1. The highest BCUT2D eigenvalue weighted by atomic mass is 19.1. The normalized spacial score (nSPS) is 15.6. The van der Waals surface area contributed by atoms with Gasteiger partial charge in [-0.05, 0) is 31.1 Å². The summed E-state index contributed by atoms with van der Waals surface area (Å²) in [6, 6.07) is 5.85. The number of carbonyl (C=O) groups is 1. The molecule has 1 aromatic rings. The van der Waals surface area contributed by atoms with Crippen molar-refractivity contribution in [2.45, 2.75) is 13.3 Å². The van der Waals surface area contributed by atoms with Gasteiger partial charge in [-0.25, -0.2) is 4.39 Å². The molecule has 16 heavy (non-hydrogen) atoms. The summed E-state index contributed by atoms with van der Waals surface area (Å²) >= 11 is 0. The zero-order chi connectivity index (χ0) is 11.5. The summed E-state index contributed by atoms with van der Waals surface area (Å²) in [6.07, 6.45) is 2.69. The Hall–Kier alpha value is -1.64. The fourth-order valence-corrected chi connectivity index (χ4v) is 2.01. The molecule has 0 aliphatic carbocycles. The van der Waals surface area contributed by atoms with E-state index in [9.17, 15) is 9.18 Å². The van der Waals surface area contributed by atoms with Crippen LogP contribution in [0.3, 0.4) is 0 Å². The lowest BCUT2D eigenvalue weighted by molar-refractivity contribution is 0.0758. The second kappa shape index (κ2) is 4.47. The van der Waals surface area contributed by atoms with E-state index < -0.39 is 0 Å². The molecule has 1 heterocycles. The highest BCUT2D eigenvalue weighted by Crippen LogP contribution is 2.20. The van der Waals surface area contributed by atoms with E-state index in [-0.39, 0.29) is 5.91 Å². The fraction of sp³-hybridized carbons (Fsp3) is 0.308. The largest absolute Gasteiger partial charge is 0.334 e. The van der Waals surface area contributed by atoms with Gasteiger partial charge in [0.1, 0.15) is 0 Å². The lowest BCUT2D eigenvalue weighted by Crippen LogP contribution is -2.37. The van der Waals surface area contributed by atoms with Crippen molar-refractivity contribution in [2.75, 3.05) is 13.1 Å². The van der Waals surface area contributed by atoms with E-state index in [2.05, 4.69) is 6.07 Å². The molecule has 0 unspecified atom stereocenters. The third kappa shape index (κ3) is 1.98. The summed E-state index contributed by atoms with van der Waals surface area (Å²) in [5.41, 5.74) is 3.03. The van der Waals surface area contributed by atoms with Crippen molar-refractivity contribution in [1.82, 2.24) is 4.90 Å². The summed E-state index contributed by atoms with van der Waals surface area (Å²) in [6.45, 7) is 3.03. The number of amides is 1. The average molecular weight is 219 g/mol. The Morgan fingerprint density at radius 3 is 3.06 bits per heavy atom. The van der Waals surface area contributed by atoms with E-state index in [0.29, 0.717) is 19.4 Å². The van der Waals surface area contributed by atoms with E-state index in [0.717, 1.165) is 17.5 Å². The fourth-order valence-electron chi connectivity index (χ4n) is 2.01. The number of rotatable bonds is 2. The maximum absolute atomic E-state index is 12.0. The van der Waals surface area contributed by atoms with Gasteiger partial charge >= 0.3 is 0 Å². The highest BCUT2D eigenvalue weighted by molar-refractivity contribution is 5.96. The van der Waals surface area contributed by atoms with Gasteiger partial charge < -0.3 is 4.90 Å². The van der Waals surface area contributed by atoms with Gasteiger partial charge in [0.2, 0.25) is 0 Å². The molecule has 3 heteroatoms. The standard InChI is InChI=1S/C13H14FNO/c1-10-3-4-12-11(9-10)5-8-15(13(12)16)7-2-6-14/h2-4,6,9H,5,7-8H2,1H3/b6-2-. The lowest BCUT2D eigenvalue weighted by atomic mass is 9.97. The van der Waals surface area contributed by atoms with Crippen molar-refractivity contribution in [3.8, 4) is 0 Å². The molecule has 0 saturated carbocycles. The molecule has 2 nitrogen and oxygen atoms in total. The topological polar surface area (TPSA) is 20.3 Å². The first kappa shape index (κ1) is 10.9. The smallest absolute Gasteiger partial charge is 0.254 e. The van der Waals surface area contributed by atoms with Crippen molar-refractivity contribution in [3.05, 3.63) is 47.3 Å². The second-order valence-corrected chi connectivity index (χ2v) is 4.02. The molecule has 0 radical (unpaired) electrons. The molecule has 1 aliphatic rings. The van der Waals surface area contributed by atoms with Crippen LogP contribution in [-0.2, 0) is 6.42 Å². The minimum Gasteiger partial charge on any atom is -0.334 e. The van der Waals surface area contributed by atoms with E-state index in [1.807, 2.05) is 19.1 Å². The molecule has 1 aliphatic heterocycles. The molecular formula is C13H14FNO. The summed E-state index contributed by atoms with van der Waals surface area (Å²) in [7, 11) is 0.